The fourth-order valence-corrected chi connectivity index (χ4v) is 2.57. The number of benzene rings is 2. The summed E-state index contributed by atoms with van der Waals surface area (Å²) in [4.78, 5) is 8.54. The number of hydrogen-bond acceptors (Lipinski definition) is 6. The topological polar surface area (TPSA) is 82.3 Å². The van der Waals surface area contributed by atoms with Gasteiger partial charge in [0.2, 0.25) is 5.95 Å². The van der Waals surface area contributed by atoms with Gasteiger partial charge in [0.15, 0.2) is 11.5 Å². The minimum absolute atomic E-state index is 0.436. The van der Waals surface area contributed by atoms with Crippen LogP contribution in [0, 0.1) is 6.92 Å². The van der Waals surface area contributed by atoms with Crippen molar-refractivity contribution >= 4 is 17.5 Å². The summed E-state index contributed by atoms with van der Waals surface area (Å²) in [7, 11) is 3.24. The van der Waals surface area contributed by atoms with Crippen molar-refractivity contribution in [3.8, 4) is 22.6 Å². The molecule has 25 heavy (non-hydrogen) atoms. The molecule has 3 N–H and O–H groups in total. The Labute approximate surface area is 146 Å². The number of nitrogens with two attached hydrogens (primary N) is 1. The normalized spacial score (nSPS) is 10.4. The third kappa shape index (κ3) is 3.80. The maximum Gasteiger partial charge on any atom is 0.229 e. The fraction of sp³-hybridized carbons (Fsp3) is 0.158. The molecule has 3 aromatic rings. The predicted octanol–water partition coefficient (Wildman–Crippen LogP) is 3.80. The number of rotatable bonds is 5. The molecule has 1 heterocycles. The van der Waals surface area contributed by atoms with Crippen LogP contribution in [0.4, 0.5) is 17.5 Å². The second-order valence-corrected chi connectivity index (χ2v) is 5.53. The molecule has 0 saturated heterocycles. The van der Waals surface area contributed by atoms with Gasteiger partial charge in [0.1, 0.15) is 5.82 Å². The van der Waals surface area contributed by atoms with E-state index in [1.807, 2.05) is 49.4 Å². The summed E-state index contributed by atoms with van der Waals surface area (Å²) in [5, 5.41) is 3.19. The van der Waals surface area contributed by atoms with Crippen molar-refractivity contribution < 1.29 is 9.47 Å². The van der Waals surface area contributed by atoms with Crippen LogP contribution in [0.15, 0.2) is 48.5 Å². The van der Waals surface area contributed by atoms with Gasteiger partial charge in [0, 0.05) is 17.4 Å². The Hall–Kier alpha value is -3.28. The number of ether oxygens (including phenoxy) is 2. The molecule has 0 amide bonds. The maximum absolute atomic E-state index is 5.78. The van der Waals surface area contributed by atoms with Crippen molar-refractivity contribution in [1.29, 1.82) is 0 Å². The Bertz CT molecular complexity index is 876. The molecule has 0 aliphatic carbocycles. The van der Waals surface area contributed by atoms with E-state index in [-0.39, 0.29) is 0 Å². The number of nitrogens with one attached hydrogen (secondary N) is 1. The summed E-state index contributed by atoms with van der Waals surface area (Å²) >= 11 is 0. The summed E-state index contributed by atoms with van der Waals surface area (Å²) in [6.45, 7) is 1.88. The van der Waals surface area contributed by atoms with Gasteiger partial charge in [-0.2, -0.15) is 4.98 Å². The molecule has 128 valence electrons. The van der Waals surface area contributed by atoms with Crippen LogP contribution in [0.3, 0.4) is 0 Å². The summed E-state index contributed by atoms with van der Waals surface area (Å²) in [5.74, 6) is 2.30. The standard InChI is InChI=1S/C19H20N4O2/c1-12-9-18(20)23-19(21-12)22-15-6-4-5-13(10-15)14-7-8-16(24-2)17(11-14)25-3/h4-11H,1-3H3,(H3,20,21,22,23). The number of methoxy groups -OCH3 is 2. The van der Waals surface area contributed by atoms with E-state index in [0.29, 0.717) is 23.3 Å². The first-order valence-electron chi connectivity index (χ1n) is 7.79. The number of nitrogen functional groups attached to an aromatic ring is 1. The minimum Gasteiger partial charge on any atom is -0.493 e. The highest BCUT2D eigenvalue weighted by molar-refractivity contribution is 5.72. The lowest BCUT2D eigenvalue weighted by Gasteiger charge is -2.11. The molecule has 6 nitrogen and oxygen atoms in total. The first-order chi connectivity index (χ1) is 12.1. The first-order valence-corrected chi connectivity index (χ1v) is 7.79. The van der Waals surface area contributed by atoms with E-state index in [1.165, 1.54) is 0 Å². The van der Waals surface area contributed by atoms with Crippen molar-refractivity contribution in [2.75, 3.05) is 25.3 Å². The quantitative estimate of drug-likeness (QED) is 0.737. The van der Waals surface area contributed by atoms with E-state index < -0.39 is 0 Å². The van der Waals surface area contributed by atoms with Gasteiger partial charge in [0.25, 0.3) is 0 Å². The van der Waals surface area contributed by atoms with E-state index in [2.05, 4.69) is 15.3 Å². The van der Waals surface area contributed by atoms with Gasteiger partial charge in [-0.3, -0.25) is 0 Å². The van der Waals surface area contributed by atoms with Gasteiger partial charge >= 0.3 is 0 Å². The van der Waals surface area contributed by atoms with Crippen LogP contribution in [0.2, 0.25) is 0 Å². The van der Waals surface area contributed by atoms with E-state index in [1.54, 1.807) is 20.3 Å². The van der Waals surface area contributed by atoms with E-state index in [9.17, 15) is 0 Å². The molecule has 0 bridgehead atoms. The Morgan fingerprint density at radius 2 is 1.64 bits per heavy atom. The van der Waals surface area contributed by atoms with Gasteiger partial charge in [-0.15, -0.1) is 0 Å². The molecular weight excluding hydrogens is 316 g/mol. The van der Waals surface area contributed by atoms with Gasteiger partial charge in [0.05, 0.1) is 14.2 Å². The average Bonchev–Trinajstić information content (AvgIpc) is 2.60. The summed E-state index contributed by atoms with van der Waals surface area (Å²) in [5.41, 5.74) is 9.51. The summed E-state index contributed by atoms with van der Waals surface area (Å²) in [6.07, 6.45) is 0. The Kier molecular flexibility index (Phi) is 4.70. The highest BCUT2D eigenvalue weighted by atomic mass is 16.5. The van der Waals surface area contributed by atoms with Crippen LogP contribution in [0.25, 0.3) is 11.1 Å². The van der Waals surface area contributed by atoms with Gasteiger partial charge in [-0.1, -0.05) is 18.2 Å². The number of hydrogen-bond donors (Lipinski definition) is 2. The first kappa shape index (κ1) is 16.6. The molecule has 2 aromatic carbocycles. The zero-order chi connectivity index (χ0) is 17.8. The lowest BCUT2D eigenvalue weighted by molar-refractivity contribution is 0.355. The van der Waals surface area contributed by atoms with Crippen molar-refractivity contribution in [3.05, 3.63) is 54.2 Å². The van der Waals surface area contributed by atoms with Crippen molar-refractivity contribution in [2.45, 2.75) is 6.92 Å². The van der Waals surface area contributed by atoms with Gasteiger partial charge < -0.3 is 20.5 Å². The van der Waals surface area contributed by atoms with Crippen molar-refractivity contribution in [2.24, 2.45) is 0 Å². The molecule has 0 fully saturated rings. The number of anilines is 3. The lowest BCUT2D eigenvalue weighted by Crippen LogP contribution is -2.01. The van der Waals surface area contributed by atoms with E-state index in [0.717, 1.165) is 22.5 Å². The average molecular weight is 336 g/mol. The second-order valence-electron chi connectivity index (χ2n) is 5.53. The summed E-state index contributed by atoms with van der Waals surface area (Å²) in [6, 6.07) is 15.5. The highest BCUT2D eigenvalue weighted by Gasteiger charge is 2.07. The summed E-state index contributed by atoms with van der Waals surface area (Å²) < 4.78 is 10.7. The molecule has 0 unspecified atom stereocenters. The predicted molar refractivity (Wildman–Crippen MR) is 99.4 cm³/mol. The van der Waals surface area contributed by atoms with Gasteiger partial charge in [-0.05, 0) is 42.3 Å². The maximum atomic E-state index is 5.78. The molecule has 0 aliphatic heterocycles. The Balaban J connectivity index is 1.91. The molecule has 1 aromatic heterocycles. The molecule has 0 aliphatic rings. The molecular formula is C19H20N4O2. The van der Waals surface area contributed by atoms with Crippen LogP contribution < -0.4 is 20.5 Å². The van der Waals surface area contributed by atoms with Crippen LogP contribution in [-0.2, 0) is 0 Å². The van der Waals surface area contributed by atoms with Crippen LogP contribution in [0.5, 0.6) is 11.5 Å². The van der Waals surface area contributed by atoms with Crippen molar-refractivity contribution in [3.63, 3.8) is 0 Å². The molecule has 3 rings (SSSR count). The second kappa shape index (κ2) is 7.09. The Morgan fingerprint density at radius 3 is 2.36 bits per heavy atom. The zero-order valence-electron chi connectivity index (χ0n) is 14.4. The Morgan fingerprint density at radius 1 is 0.880 bits per heavy atom. The number of aryl methyl sites for hydroxylation is 1. The third-order valence-electron chi connectivity index (χ3n) is 3.71. The molecule has 0 atom stereocenters. The molecule has 0 radical (unpaired) electrons. The largest absolute Gasteiger partial charge is 0.493 e. The fourth-order valence-electron chi connectivity index (χ4n) is 2.57. The highest BCUT2D eigenvalue weighted by Crippen LogP contribution is 2.33. The van der Waals surface area contributed by atoms with Crippen molar-refractivity contribution in [1.82, 2.24) is 9.97 Å². The SMILES string of the molecule is COc1ccc(-c2cccc(Nc3nc(C)cc(N)n3)c2)cc1OC. The van der Waals surface area contributed by atoms with Crippen LogP contribution >= 0.6 is 0 Å². The van der Waals surface area contributed by atoms with E-state index >= 15 is 0 Å². The number of nitrogens with zero attached hydrogens (tertiary/aromatic N) is 2. The third-order valence-corrected chi connectivity index (χ3v) is 3.71. The lowest BCUT2D eigenvalue weighted by atomic mass is 10.0. The van der Waals surface area contributed by atoms with Gasteiger partial charge in [-0.25, -0.2) is 4.98 Å². The molecule has 0 saturated carbocycles. The van der Waals surface area contributed by atoms with Crippen LogP contribution in [0.1, 0.15) is 5.69 Å². The van der Waals surface area contributed by atoms with Crippen LogP contribution in [-0.4, -0.2) is 24.2 Å². The monoisotopic (exact) mass is 336 g/mol. The number of aromatic nitrogens is 2. The smallest absolute Gasteiger partial charge is 0.229 e. The zero-order valence-corrected chi connectivity index (χ0v) is 14.4. The molecule has 0 spiro atoms. The minimum atomic E-state index is 0.436. The van der Waals surface area contributed by atoms with E-state index in [4.69, 9.17) is 15.2 Å². The molecule has 6 heteroatoms.